The van der Waals surface area contributed by atoms with Crippen LogP contribution in [-0.4, -0.2) is 35.9 Å². The summed E-state index contributed by atoms with van der Waals surface area (Å²) in [5.74, 6) is 0.214. The molecule has 0 aliphatic carbocycles. The molecule has 0 saturated heterocycles. The minimum Gasteiger partial charge on any atom is -0.312 e. The third-order valence-corrected chi connectivity index (χ3v) is 4.82. The van der Waals surface area contributed by atoms with Crippen LogP contribution in [0.25, 0.3) is 0 Å². The van der Waals surface area contributed by atoms with Gasteiger partial charge in [-0.3, -0.25) is 4.79 Å². The fourth-order valence-corrected chi connectivity index (χ4v) is 3.46. The molecule has 1 aliphatic heterocycles. The molecule has 1 aromatic heterocycles. The molecule has 116 valence electrons. The van der Waals surface area contributed by atoms with Gasteiger partial charge in [-0.2, -0.15) is 0 Å². The number of carbonyl (C=O) groups is 1. The van der Waals surface area contributed by atoms with Crippen molar-refractivity contribution < 1.29 is 4.79 Å². The van der Waals surface area contributed by atoms with Gasteiger partial charge in [-0.15, -0.1) is 11.3 Å². The smallest absolute Gasteiger partial charge is 0.228 e. The highest BCUT2D eigenvalue weighted by molar-refractivity contribution is 7.09. The number of hydrogen-bond acceptors (Lipinski definition) is 4. The average Bonchev–Trinajstić information content (AvgIpc) is 3.11. The van der Waals surface area contributed by atoms with E-state index < -0.39 is 0 Å². The number of amides is 1. The van der Waals surface area contributed by atoms with Crippen LogP contribution in [-0.2, 0) is 17.8 Å². The molecule has 22 heavy (non-hydrogen) atoms. The van der Waals surface area contributed by atoms with Crippen LogP contribution < -0.4 is 4.90 Å². The summed E-state index contributed by atoms with van der Waals surface area (Å²) in [5, 5.41) is 3.18. The predicted octanol–water partition coefficient (Wildman–Crippen LogP) is 2.86. The number of rotatable bonds is 5. The lowest BCUT2D eigenvalue weighted by Gasteiger charge is -2.20. The zero-order valence-corrected chi connectivity index (χ0v) is 13.9. The second-order valence-corrected chi connectivity index (χ2v) is 6.83. The van der Waals surface area contributed by atoms with E-state index in [4.69, 9.17) is 0 Å². The van der Waals surface area contributed by atoms with Crippen molar-refractivity contribution in [1.82, 2.24) is 9.88 Å². The fraction of sp³-hybridized carbons (Fsp3) is 0.412. The van der Waals surface area contributed by atoms with Crippen LogP contribution in [0.1, 0.15) is 22.7 Å². The van der Waals surface area contributed by atoms with Gasteiger partial charge in [0.05, 0.1) is 10.7 Å². The lowest BCUT2D eigenvalue weighted by molar-refractivity contribution is -0.118. The number of aryl methyl sites for hydroxylation is 1. The molecule has 2 heterocycles. The molecule has 0 saturated carbocycles. The van der Waals surface area contributed by atoms with E-state index in [0.29, 0.717) is 6.42 Å². The Labute approximate surface area is 135 Å². The third kappa shape index (κ3) is 3.36. The lowest BCUT2D eigenvalue weighted by Crippen LogP contribution is -2.32. The zero-order valence-electron chi connectivity index (χ0n) is 13.1. The minimum atomic E-state index is 0.214. The van der Waals surface area contributed by atoms with Gasteiger partial charge in [0, 0.05) is 37.1 Å². The molecule has 1 aromatic carbocycles. The van der Waals surface area contributed by atoms with Gasteiger partial charge in [-0.05, 0) is 32.0 Å². The van der Waals surface area contributed by atoms with Crippen LogP contribution in [0.15, 0.2) is 29.6 Å². The van der Waals surface area contributed by atoms with Crippen molar-refractivity contribution in [1.29, 1.82) is 0 Å². The summed E-state index contributed by atoms with van der Waals surface area (Å²) in [6.07, 6.45) is 1.52. The molecule has 0 fully saturated rings. The molecule has 0 unspecified atom stereocenters. The van der Waals surface area contributed by atoms with E-state index in [1.807, 2.05) is 37.1 Å². The maximum absolute atomic E-state index is 12.5. The number of thiazole rings is 1. The number of aromatic nitrogens is 1. The van der Waals surface area contributed by atoms with Gasteiger partial charge in [0.2, 0.25) is 5.91 Å². The summed E-state index contributed by atoms with van der Waals surface area (Å²) in [4.78, 5) is 21.0. The van der Waals surface area contributed by atoms with Gasteiger partial charge in [0.15, 0.2) is 0 Å². The van der Waals surface area contributed by atoms with Crippen molar-refractivity contribution >= 4 is 22.9 Å². The van der Waals surface area contributed by atoms with Gasteiger partial charge in [-0.25, -0.2) is 4.98 Å². The highest BCUT2D eigenvalue weighted by Gasteiger charge is 2.23. The summed E-state index contributed by atoms with van der Waals surface area (Å²) in [5.41, 5.74) is 3.45. The Bertz CT molecular complexity index is 667. The Morgan fingerprint density at radius 2 is 2.23 bits per heavy atom. The van der Waals surface area contributed by atoms with Crippen LogP contribution in [0.2, 0.25) is 0 Å². The maximum Gasteiger partial charge on any atom is 0.228 e. The molecule has 0 bridgehead atoms. The van der Waals surface area contributed by atoms with Gasteiger partial charge in [0.25, 0.3) is 0 Å². The number of fused-ring (bicyclic) bond motifs is 1. The van der Waals surface area contributed by atoms with E-state index >= 15 is 0 Å². The molecule has 0 atom stereocenters. The fourth-order valence-electron chi connectivity index (χ4n) is 2.86. The Balaban J connectivity index is 1.52. The van der Waals surface area contributed by atoms with Crippen molar-refractivity contribution in [2.75, 3.05) is 25.0 Å². The Hall–Kier alpha value is -1.72. The van der Waals surface area contributed by atoms with Gasteiger partial charge in [0.1, 0.15) is 0 Å². The number of anilines is 1. The van der Waals surface area contributed by atoms with Gasteiger partial charge in [-0.1, -0.05) is 18.2 Å². The number of benzene rings is 1. The summed E-state index contributed by atoms with van der Waals surface area (Å²) >= 11 is 1.67. The van der Waals surface area contributed by atoms with E-state index in [2.05, 4.69) is 21.3 Å². The lowest BCUT2D eigenvalue weighted by atomic mass is 10.2. The van der Waals surface area contributed by atoms with E-state index in [-0.39, 0.29) is 5.91 Å². The summed E-state index contributed by atoms with van der Waals surface area (Å²) < 4.78 is 0. The predicted molar refractivity (Wildman–Crippen MR) is 90.3 cm³/mol. The van der Waals surface area contributed by atoms with Crippen molar-refractivity contribution in [2.45, 2.75) is 26.3 Å². The average molecular weight is 315 g/mol. The summed E-state index contributed by atoms with van der Waals surface area (Å²) in [7, 11) is 2.04. The molecule has 1 aliphatic rings. The summed E-state index contributed by atoms with van der Waals surface area (Å²) in [6.45, 7) is 4.39. The molecule has 3 rings (SSSR count). The first-order chi connectivity index (χ1) is 10.6. The first-order valence-electron chi connectivity index (χ1n) is 7.61. The molecular formula is C17H21N3OS. The number of hydrogen-bond donors (Lipinski definition) is 0. The topological polar surface area (TPSA) is 36.4 Å². The molecule has 2 aromatic rings. The van der Waals surface area contributed by atoms with Crippen LogP contribution in [0.3, 0.4) is 0 Å². The Morgan fingerprint density at radius 3 is 3.00 bits per heavy atom. The minimum absolute atomic E-state index is 0.214. The van der Waals surface area contributed by atoms with E-state index in [1.165, 1.54) is 5.56 Å². The first-order valence-corrected chi connectivity index (χ1v) is 8.49. The van der Waals surface area contributed by atoms with E-state index in [9.17, 15) is 4.79 Å². The quantitative estimate of drug-likeness (QED) is 0.851. The molecule has 5 heteroatoms. The van der Waals surface area contributed by atoms with Crippen LogP contribution in [0.4, 0.5) is 5.69 Å². The van der Waals surface area contributed by atoms with Crippen LogP contribution in [0, 0.1) is 6.92 Å². The van der Waals surface area contributed by atoms with Crippen molar-refractivity contribution in [3.05, 3.63) is 45.9 Å². The summed E-state index contributed by atoms with van der Waals surface area (Å²) in [6, 6.07) is 8.19. The standard InChI is InChI=1S/C17H21N3OS/c1-13-18-15(12-22-13)11-19(2)9-8-17(21)20-10-7-14-5-3-4-6-16(14)20/h3-6,12H,7-11H2,1-2H3. The van der Waals surface area contributed by atoms with Crippen LogP contribution >= 0.6 is 11.3 Å². The van der Waals surface area contributed by atoms with Crippen LogP contribution in [0.5, 0.6) is 0 Å². The second kappa shape index (κ2) is 6.58. The normalized spacial score (nSPS) is 13.7. The van der Waals surface area contributed by atoms with Gasteiger partial charge >= 0.3 is 0 Å². The van der Waals surface area contributed by atoms with E-state index in [1.54, 1.807) is 11.3 Å². The number of carbonyl (C=O) groups excluding carboxylic acids is 1. The molecule has 1 amide bonds. The Morgan fingerprint density at radius 1 is 1.41 bits per heavy atom. The van der Waals surface area contributed by atoms with Crippen molar-refractivity contribution in [3.8, 4) is 0 Å². The number of nitrogens with zero attached hydrogens (tertiary/aromatic N) is 3. The zero-order chi connectivity index (χ0) is 15.5. The first kappa shape index (κ1) is 15.2. The SMILES string of the molecule is Cc1nc(CN(C)CCC(=O)N2CCc3ccccc32)cs1. The monoisotopic (exact) mass is 315 g/mol. The Kier molecular flexibility index (Phi) is 4.55. The molecule has 4 nitrogen and oxygen atoms in total. The molecule has 0 radical (unpaired) electrons. The highest BCUT2D eigenvalue weighted by Crippen LogP contribution is 2.27. The third-order valence-electron chi connectivity index (χ3n) is 3.99. The molecular weight excluding hydrogens is 294 g/mol. The second-order valence-electron chi connectivity index (χ2n) is 5.77. The van der Waals surface area contributed by atoms with Crippen molar-refractivity contribution in [3.63, 3.8) is 0 Å². The van der Waals surface area contributed by atoms with Gasteiger partial charge < -0.3 is 9.80 Å². The van der Waals surface area contributed by atoms with E-state index in [0.717, 1.165) is 42.4 Å². The molecule has 0 N–H and O–H groups in total. The maximum atomic E-state index is 12.5. The number of para-hydroxylation sites is 1. The largest absolute Gasteiger partial charge is 0.312 e. The molecule has 0 spiro atoms. The van der Waals surface area contributed by atoms with Crippen molar-refractivity contribution in [2.24, 2.45) is 0 Å². The highest BCUT2D eigenvalue weighted by atomic mass is 32.1.